The fourth-order valence-corrected chi connectivity index (χ4v) is 3.55. The summed E-state index contributed by atoms with van der Waals surface area (Å²) in [5.74, 6) is -1.37. The molecule has 19 heavy (non-hydrogen) atoms. The molecular formula is C9H10N4O4S2. The summed E-state index contributed by atoms with van der Waals surface area (Å²) in [5, 5.41) is 15.3. The second-order valence-electron chi connectivity index (χ2n) is 3.64. The molecular weight excluding hydrogens is 292 g/mol. The average molecular weight is 302 g/mol. The average Bonchev–Trinajstić information content (AvgIpc) is 2.95. The molecule has 3 N–H and O–H groups in total. The van der Waals surface area contributed by atoms with Crippen molar-refractivity contribution >= 4 is 27.3 Å². The zero-order chi connectivity index (χ0) is 14.0. The van der Waals surface area contributed by atoms with Gasteiger partial charge in [-0.2, -0.15) is 5.10 Å². The number of carbonyl (C=O) groups is 1. The number of aromatic amines is 1. The minimum Gasteiger partial charge on any atom is -0.476 e. The molecule has 0 bridgehead atoms. The predicted octanol–water partition coefficient (Wildman–Crippen LogP) is 0.351. The Morgan fingerprint density at radius 2 is 2.32 bits per heavy atom. The highest BCUT2D eigenvalue weighted by molar-refractivity contribution is 7.91. The minimum atomic E-state index is -3.90. The third-order valence-corrected chi connectivity index (χ3v) is 5.14. The van der Waals surface area contributed by atoms with Crippen LogP contribution in [0.15, 0.2) is 15.9 Å². The minimum absolute atomic E-state index is 0.0294. The van der Waals surface area contributed by atoms with Crippen molar-refractivity contribution in [1.82, 2.24) is 19.9 Å². The van der Waals surface area contributed by atoms with E-state index in [0.717, 1.165) is 17.0 Å². The van der Waals surface area contributed by atoms with Gasteiger partial charge in [-0.3, -0.25) is 5.10 Å². The number of sulfonamides is 1. The maximum atomic E-state index is 12.0. The molecule has 10 heteroatoms. The van der Waals surface area contributed by atoms with E-state index in [0.29, 0.717) is 5.56 Å². The lowest BCUT2D eigenvalue weighted by molar-refractivity contribution is 0.0687. The molecule has 0 atom stereocenters. The van der Waals surface area contributed by atoms with Crippen molar-refractivity contribution in [2.75, 3.05) is 0 Å². The first kappa shape index (κ1) is 13.6. The van der Waals surface area contributed by atoms with Crippen LogP contribution in [-0.4, -0.2) is 34.7 Å². The van der Waals surface area contributed by atoms with Crippen molar-refractivity contribution in [3.63, 3.8) is 0 Å². The second kappa shape index (κ2) is 5.07. The van der Waals surface area contributed by atoms with Gasteiger partial charge in [0.25, 0.3) is 10.0 Å². The molecule has 2 rings (SSSR count). The number of carboxylic acid groups (broad SMARTS) is 1. The number of nitrogens with one attached hydrogen (secondary N) is 2. The van der Waals surface area contributed by atoms with Gasteiger partial charge in [-0.15, -0.1) is 11.3 Å². The van der Waals surface area contributed by atoms with Crippen LogP contribution in [0.3, 0.4) is 0 Å². The van der Waals surface area contributed by atoms with Gasteiger partial charge in [0.05, 0.1) is 11.7 Å². The van der Waals surface area contributed by atoms with Crippen LogP contribution in [-0.2, 0) is 16.6 Å². The number of hydrogen-bond acceptors (Lipinski definition) is 6. The monoisotopic (exact) mass is 302 g/mol. The Morgan fingerprint density at radius 3 is 2.89 bits per heavy atom. The summed E-state index contributed by atoms with van der Waals surface area (Å²) >= 11 is 0.760. The molecule has 0 saturated heterocycles. The van der Waals surface area contributed by atoms with Gasteiger partial charge >= 0.3 is 5.97 Å². The largest absolute Gasteiger partial charge is 0.476 e. The van der Waals surface area contributed by atoms with E-state index in [1.807, 2.05) is 0 Å². The number of rotatable bonds is 5. The third-order valence-electron chi connectivity index (χ3n) is 2.37. The van der Waals surface area contributed by atoms with Gasteiger partial charge < -0.3 is 5.11 Å². The number of hydrogen-bond donors (Lipinski definition) is 3. The lowest BCUT2D eigenvalue weighted by Crippen LogP contribution is -2.24. The van der Waals surface area contributed by atoms with Gasteiger partial charge in [0, 0.05) is 17.8 Å². The van der Waals surface area contributed by atoms with E-state index in [-0.39, 0.29) is 10.8 Å². The number of aromatic carboxylic acids is 1. The van der Waals surface area contributed by atoms with Crippen molar-refractivity contribution in [1.29, 1.82) is 0 Å². The Hall–Kier alpha value is -1.78. The highest BCUT2D eigenvalue weighted by Gasteiger charge is 2.25. The summed E-state index contributed by atoms with van der Waals surface area (Å²) in [6, 6.07) is 0. The number of nitrogens with zero attached hydrogens (tertiary/aromatic N) is 2. The van der Waals surface area contributed by atoms with Gasteiger partial charge in [-0.1, -0.05) is 0 Å². The van der Waals surface area contributed by atoms with E-state index < -0.39 is 21.7 Å². The molecule has 0 spiro atoms. The van der Waals surface area contributed by atoms with Gasteiger partial charge in [-0.05, 0) is 6.92 Å². The molecule has 0 aliphatic heterocycles. The van der Waals surface area contributed by atoms with E-state index >= 15 is 0 Å². The standard InChI is InChI=1S/C9H10N4O4S2/c1-5-6(2-11-13-5)3-12-19(16,17)9-7(8(14)15)10-4-18-9/h2,4,12H,3H2,1H3,(H,11,13)(H,14,15). The highest BCUT2D eigenvalue weighted by atomic mass is 32.2. The summed E-state index contributed by atoms with van der Waals surface area (Å²) in [5.41, 5.74) is 2.14. The first-order chi connectivity index (χ1) is 8.92. The lowest BCUT2D eigenvalue weighted by Gasteiger charge is -2.04. The Balaban J connectivity index is 2.21. The van der Waals surface area contributed by atoms with Crippen LogP contribution in [0.5, 0.6) is 0 Å². The van der Waals surface area contributed by atoms with Gasteiger partial charge in [0.15, 0.2) is 9.90 Å². The summed E-state index contributed by atoms with van der Waals surface area (Å²) in [4.78, 5) is 14.4. The maximum Gasteiger partial charge on any atom is 0.356 e. The van der Waals surface area contributed by atoms with E-state index in [2.05, 4.69) is 19.9 Å². The van der Waals surface area contributed by atoms with Crippen molar-refractivity contribution in [2.24, 2.45) is 0 Å². The smallest absolute Gasteiger partial charge is 0.356 e. The molecule has 8 nitrogen and oxygen atoms in total. The summed E-state index contributed by atoms with van der Waals surface area (Å²) in [7, 11) is -3.90. The SMILES string of the molecule is Cc1[nH]ncc1CNS(=O)(=O)c1scnc1C(=O)O. The first-order valence-corrected chi connectivity index (χ1v) is 7.43. The number of H-pyrrole nitrogens is 1. The predicted molar refractivity (Wildman–Crippen MR) is 66.4 cm³/mol. The molecule has 0 unspecified atom stereocenters. The van der Waals surface area contributed by atoms with Crippen LogP contribution in [0.1, 0.15) is 21.7 Å². The Labute approximate surface area is 112 Å². The van der Waals surface area contributed by atoms with Gasteiger partial charge in [0.1, 0.15) is 0 Å². The Kier molecular flexibility index (Phi) is 3.64. The molecule has 0 saturated carbocycles. The fourth-order valence-electron chi connectivity index (χ4n) is 1.36. The molecule has 0 fully saturated rings. The van der Waals surface area contributed by atoms with E-state index in [9.17, 15) is 13.2 Å². The van der Waals surface area contributed by atoms with Crippen molar-refractivity contribution < 1.29 is 18.3 Å². The molecule has 0 amide bonds. The van der Waals surface area contributed by atoms with Crippen molar-refractivity contribution in [2.45, 2.75) is 17.7 Å². The van der Waals surface area contributed by atoms with Crippen LogP contribution < -0.4 is 4.72 Å². The maximum absolute atomic E-state index is 12.0. The molecule has 2 aromatic rings. The molecule has 0 aromatic carbocycles. The van der Waals surface area contributed by atoms with Crippen LogP contribution in [0, 0.1) is 6.92 Å². The Bertz CT molecular complexity index is 703. The zero-order valence-corrected chi connectivity index (χ0v) is 11.4. The molecule has 0 aliphatic rings. The molecule has 0 radical (unpaired) electrons. The molecule has 0 aliphatic carbocycles. The van der Waals surface area contributed by atoms with Crippen molar-refractivity contribution in [3.05, 3.63) is 28.7 Å². The highest BCUT2D eigenvalue weighted by Crippen LogP contribution is 2.20. The zero-order valence-electron chi connectivity index (χ0n) is 9.74. The lowest BCUT2D eigenvalue weighted by atomic mass is 10.3. The third kappa shape index (κ3) is 2.80. The van der Waals surface area contributed by atoms with Gasteiger partial charge in [0.2, 0.25) is 0 Å². The van der Waals surface area contributed by atoms with E-state index in [1.165, 1.54) is 11.7 Å². The number of carboxylic acids is 1. The Morgan fingerprint density at radius 1 is 1.58 bits per heavy atom. The summed E-state index contributed by atoms with van der Waals surface area (Å²) < 4.78 is 26.0. The second-order valence-corrected chi connectivity index (χ2v) is 6.46. The van der Waals surface area contributed by atoms with Crippen LogP contribution in [0.2, 0.25) is 0 Å². The van der Waals surface area contributed by atoms with Crippen molar-refractivity contribution in [3.8, 4) is 0 Å². The number of aromatic nitrogens is 3. The van der Waals surface area contributed by atoms with Crippen LogP contribution >= 0.6 is 11.3 Å². The molecule has 2 heterocycles. The number of thiazole rings is 1. The molecule has 2 aromatic heterocycles. The van der Waals surface area contributed by atoms with Crippen LogP contribution in [0.4, 0.5) is 0 Å². The number of aryl methyl sites for hydroxylation is 1. The fraction of sp³-hybridized carbons (Fsp3) is 0.222. The summed E-state index contributed by atoms with van der Waals surface area (Å²) in [6.45, 7) is 1.79. The quantitative estimate of drug-likeness (QED) is 0.732. The van der Waals surface area contributed by atoms with E-state index in [1.54, 1.807) is 6.92 Å². The summed E-state index contributed by atoms with van der Waals surface area (Å²) in [6.07, 6.45) is 1.50. The normalized spacial score (nSPS) is 11.6. The van der Waals surface area contributed by atoms with Crippen LogP contribution in [0.25, 0.3) is 0 Å². The first-order valence-electron chi connectivity index (χ1n) is 5.07. The van der Waals surface area contributed by atoms with E-state index in [4.69, 9.17) is 5.11 Å². The topological polar surface area (TPSA) is 125 Å². The molecule has 102 valence electrons. The van der Waals surface area contributed by atoms with Gasteiger partial charge in [-0.25, -0.2) is 22.9 Å².